The van der Waals surface area contributed by atoms with Crippen molar-refractivity contribution in [2.75, 3.05) is 5.73 Å². The molecule has 6 heteroatoms. The molecule has 2 N–H and O–H groups in total. The minimum atomic E-state index is 0.533. The van der Waals surface area contributed by atoms with Gasteiger partial charge in [0, 0.05) is 17.5 Å². The van der Waals surface area contributed by atoms with Crippen LogP contribution < -0.4 is 5.73 Å². The second-order valence-corrected chi connectivity index (χ2v) is 4.92. The standard InChI is InChI=1S/C9H10N4S2/c1-2-8-12-9(15-13-8)14-6-3-4-7(10)11-5-6/h3-5H,2H2,1H3,(H2,10,11). The number of aryl methyl sites for hydroxylation is 1. The second kappa shape index (κ2) is 4.59. The molecule has 0 aromatic carbocycles. The Bertz CT molecular complexity index is 438. The number of pyridine rings is 1. The van der Waals surface area contributed by atoms with E-state index in [0.717, 1.165) is 21.5 Å². The number of rotatable bonds is 3. The Balaban J connectivity index is 2.11. The fraction of sp³-hybridized carbons (Fsp3) is 0.222. The molecule has 0 fully saturated rings. The van der Waals surface area contributed by atoms with E-state index in [9.17, 15) is 0 Å². The molecule has 4 nitrogen and oxygen atoms in total. The van der Waals surface area contributed by atoms with E-state index in [-0.39, 0.29) is 0 Å². The molecule has 2 rings (SSSR count). The quantitative estimate of drug-likeness (QED) is 0.888. The Kier molecular flexibility index (Phi) is 3.17. The van der Waals surface area contributed by atoms with Crippen LogP contribution in [0.4, 0.5) is 5.82 Å². The molecule has 2 aromatic heterocycles. The van der Waals surface area contributed by atoms with Gasteiger partial charge < -0.3 is 5.73 Å². The summed E-state index contributed by atoms with van der Waals surface area (Å²) in [5.41, 5.74) is 5.50. The molecule has 78 valence electrons. The highest BCUT2D eigenvalue weighted by molar-refractivity contribution is 8.01. The number of hydrogen-bond donors (Lipinski definition) is 1. The highest BCUT2D eigenvalue weighted by atomic mass is 32.2. The minimum absolute atomic E-state index is 0.533. The Morgan fingerprint density at radius 2 is 2.33 bits per heavy atom. The van der Waals surface area contributed by atoms with Crippen LogP contribution in [0.5, 0.6) is 0 Å². The van der Waals surface area contributed by atoms with E-state index in [2.05, 4.69) is 14.3 Å². The average Bonchev–Trinajstić information content (AvgIpc) is 2.69. The molecule has 0 bridgehead atoms. The van der Waals surface area contributed by atoms with E-state index >= 15 is 0 Å². The van der Waals surface area contributed by atoms with Gasteiger partial charge in [-0.2, -0.15) is 4.37 Å². The zero-order valence-electron chi connectivity index (χ0n) is 8.17. The van der Waals surface area contributed by atoms with E-state index in [1.54, 1.807) is 24.0 Å². The molecule has 0 aliphatic heterocycles. The van der Waals surface area contributed by atoms with Crippen molar-refractivity contribution < 1.29 is 0 Å². The topological polar surface area (TPSA) is 64.7 Å². The molecule has 0 aliphatic rings. The Labute approximate surface area is 96.1 Å². The lowest BCUT2D eigenvalue weighted by molar-refractivity contribution is 0.971. The van der Waals surface area contributed by atoms with Gasteiger partial charge in [0.2, 0.25) is 0 Å². The normalized spacial score (nSPS) is 10.5. The third-order valence-corrected chi connectivity index (χ3v) is 3.50. The van der Waals surface area contributed by atoms with Crippen LogP contribution in [0, 0.1) is 0 Å². The van der Waals surface area contributed by atoms with Crippen molar-refractivity contribution >= 4 is 29.1 Å². The lowest BCUT2D eigenvalue weighted by Crippen LogP contribution is -1.87. The first-order valence-electron chi connectivity index (χ1n) is 4.50. The summed E-state index contributed by atoms with van der Waals surface area (Å²) in [6.07, 6.45) is 2.62. The maximum atomic E-state index is 5.50. The first-order valence-corrected chi connectivity index (χ1v) is 6.09. The number of aromatic nitrogens is 3. The summed E-state index contributed by atoms with van der Waals surface area (Å²) in [7, 11) is 0. The molecule has 0 amide bonds. The smallest absolute Gasteiger partial charge is 0.174 e. The third kappa shape index (κ3) is 2.66. The lowest BCUT2D eigenvalue weighted by Gasteiger charge is -1.96. The van der Waals surface area contributed by atoms with Gasteiger partial charge in [0.25, 0.3) is 0 Å². The van der Waals surface area contributed by atoms with Gasteiger partial charge in [-0.15, -0.1) is 0 Å². The van der Waals surface area contributed by atoms with Crippen LogP contribution in [0.15, 0.2) is 27.6 Å². The Morgan fingerprint density at radius 1 is 1.47 bits per heavy atom. The molecule has 0 radical (unpaired) electrons. The maximum Gasteiger partial charge on any atom is 0.174 e. The molecule has 2 aromatic rings. The van der Waals surface area contributed by atoms with E-state index in [4.69, 9.17) is 5.73 Å². The van der Waals surface area contributed by atoms with Crippen LogP contribution in [0.25, 0.3) is 0 Å². The van der Waals surface area contributed by atoms with Gasteiger partial charge in [-0.3, -0.25) is 0 Å². The lowest BCUT2D eigenvalue weighted by atomic mass is 10.5. The zero-order chi connectivity index (χ0) is 10.7. The number of nitrogen functional groups attached to an aromatic ring is 1. The monoisotopic (exact) mass is 238 g/mol. The van der Waals surface area contributed by atoms with Crippen LogP contribution in [-0.4, -0.2) is 14.3 Å². The van der Waals surface area contributed by atoms with Gasteiger partial charge in [0.15, 0.2) is 4.34 Å². The predicted octanol–water partition coefficient (Wildman–Crippen LogP) is 2.23. The van der Waals surface area contributed by atoms with E-state index in [1.807, 2.05) is 13.0 Å². The van der Waals surface area contributed by atoms with Crippen molar-refractivity contribution in [3.63, 3.8) is 0 Å². The van der Waals surface area contributed by atoms with Crippen molar-refractivity contribution in [3.8, 4) is 0 Å². The van der Waals surface area contributed by atoms with E-state index < -0.39 is 0 Å². The highest BCUT2D eigenvalue weighted by Crippen LogP contribution is 2.28. The fourth-order valence-corrected chi connectivity index (χ4v) is 2.62. The molecule has 0 spiro atoms. The average molecular weight is 238 g/mol. The molecule has 15 heavy (non-hydrogen) atoms. The van der Waals surface area contributed by atoms with Gasteiger partial charge in [-0.05, 0) is 23.7 Å². The SMILES string of the molecule is CCc1nsc(Sc2ccc(N)nc2)n1. The molecule has 0 saturated carbocycles. The summed E-state index contributed by atoms with van der Waals surface area (Å²) in [4.78, 5) is 9.40. The molecular weight excluding hydrogens is 228 g/mol. The maximum absolute atomic E-state index is 5.50. The van der Waals surface area contributed by atoms with Crippen molar-refractivity contribution in [1.82, 2.24) is 14.3 Å². The molecule has 0 saturated heterocycles. The molecule has 0 unspecified atom stereocenters. The molecule has 0 aliphatic carbocycles. The summed E-state index contributed by atoms with van der Waals surface area (Å²) < 4.78 is 5.16. The minimum Gasteiger partial charge on any atom is -0.384 e. The summed E-state index contributed by atoms with van der Waals surface area (Å²) in [6.45, 7) is 2.04. The van der Waals surface area contributed by atoms with Crippen LogP contribution in [0.3, 0.4) is 0 Å². The van der Waals surface area contributed by atoms with Crippen molar-refractivity contribution in [1.29, 1.82) is 0 Å². The fourth-order valence-electron chi connectivity index (χ4n) is 0.976. The summed E-state index contributed by atoms with van der Waals surface area (Å²) >= 11 is 2.98. The first-order chi connectivity index (χ1) is 7.28. The van der Waals surface area contributed by atoms with Crippen LogP contribution in [-0.2, 0) is 6.42 Å². The van der Waals surface area contributed by atoms with Crippen molar-refractivity contribution in [2.45, 2.75) is 22.6 Å². The van der Waals surface area contributed by atoms with Gasteiger partial charge in [-0.1, -0.05) is 18.7 Å². The summed E-state index contributed by atoms with van der Waals surface area (Å²) in [6, 6.07) is 3.71. The van der Waals surface area contributed by atoms with E-state index in [0.29, 0.717) is 5.82 Å². The molecule has 2 heterocycles. The first kappa shape index (κ1) is 10.4. The summed E-state index contributed by atoms with van der Waals surface area (Å²) in [5, 5.41) is 0. The largest absolute Gasteiger partial charge is 0.384 e. The van der Waals surface area contributed by atoms with Crippen LogP contribution in [0.1, 0.15) is 12.7 Å². The van der Waals surface area contributed by atoms with Crippen LogP contribution in [0.2, 0.25) is 0 Å². The Hall–Kier alpha value is -1.14. The highest BCUT2D eigenvalue weighted by Gasteiger charge is 2.04. The number of nitrogens with two attached hydrogens (primary N) is 1. The Morgan fingerprint density at radius 3 is 2.93 bits per heavy atom. The number of anilines is 1. The summed E-state index contributed by atoms with van der Waals surface area (Å²) in [5.74, 6) is 1.43. The number of nitrogens with zero attached hydrogens (tertiary/aromatic N) is 3. The van der Waals surface area contributed by atoms with Crippen molar-refractivity contribution in [3.05, 3.63) is 24.2 Å². The van der Waals surface area contributed by atoms with E-state index in [1.165, 1.54) is 11.5 Å². The van der Waals surface area contributed by atoms with Gasteiger partial charge in [0.05, 0.1) is 0 Å². The zero-order valence-corrected chi connectivity index (χ0v) is 9.81. The second-order valence-electron chi connectivity index (χ2n) is 2.85. The van der Waals surface area contributed by atoms with Crippen LogP contribution >= 0.6 is 23.3 Å². The number of hydrogen-bond acceptors (Lipinski definition) is 6. The molecular formula is C9H10N4S2. The van der Waals surface area contributed by atoms with Gasteiger partial charge in [-0.25, -0.2) is 9.97 Å². The predicted molar refractivity (Wildman–Crippen MR) is 62.1 cm³/mol. The molecule has 0 atom stereocenters. The third-order valence-electron chi connectivity index (χ3n) is 1.73. The van der Waals surface area contributed by atoms with Crippen molar-refractivity contribution in [2.24, 2.45) is 0 Å². The van der Waals surface area contributed by atoms with Gasteiger partial charge >= 0.3 is 0 Å². The van der Waals surface area contributed by atoms with Gasteiger partial charge in [0.1, 0.15) is 11.6 Å².